The Balaban J connectivity index is 1.52. The van der Waals surface area contributed by atoms with E-state index in [0.717, 1.165) is 29.1 Å². The van der Waals surface area contributed by atoms with Gasteiger partial charge >= 0.3 is 6.18 Å². The minimum Gasteiger partial charge on any atom is -0.484 e. The zero-order chi connectivity index (χ0) is 23.3. The molecule has 0 unspecified atom stereocenters. The zero-order valence-corrected chi connectivity index (χ0v) is 17.4. The first-order chi connectivity index (χ1) is 15.1. The first kappa shape index (κ1) is 22.9. The number of hydrogen-bond acceptors (Lipinski definition) is 4. The zero-order valence-electron chi connectivity index (χ0n) is 17.4. The second-order valence-electron chi connectivity index (χ2n) is 6.98. The molecule has 168 valence electrons. The van der Waals surface area contributed by atoms with Crippen molar-refractivity contribution in [1.29, 1.82) is 0 Å². The minimum absolute atomic E-state index is 0.0146. The highest BCUT2D eigenvalue weighted by molar-refractivity contribution is 5.84. The first-order valence-corrected chi connectivity index (χ1v) is 9.63. The van der Waals surface area contributed by atoms with Crippen molar-refractivity contribution in [2.24, 2.45) is 0 Å². The lowest BCUT2D eigenvalue weighted by Gasteiger charge is -2.11. The van der Waals surface area contributed by atoms with Crippen LogP contribution < -0.4 is 15.6 Å². The number of amides is 2. The number of rotatable bonds is 6. The summed E-state index contributed by atoms with van der Waals surface area (Å²) >= 11 is 0. The van der Waals surface area contributed by atoms with Gasteiger partial charge in [0.15, 0.2) is 6.61 Å². The van der Waals surface area contributed by atoms with Crippen LogP contribution in [0.1, 0.15) is 22.5 Å². The molecule has 1 heterocycles. The summed E-state index contributed by atoms with van der Waals surface area (Å²) in [5.41, 5.74) is 6.63. The molecular formula is C22H21F3N4O3. The summed E-state index contributed by atoms with van der Waals surface area (Å²) in [6.07, 6.45) is -4.53. The number of hydrazine groups is 1. The van der Waals surface area contributed by atoms with Crippen LogP contribution in [0.4, 0.5) is 13.2 Å². The number of ether oxygens (including phenoxy) is 1. The quantitative estimate of drug-likeness (QED) is 0.569. The minimum atomic E-state index is -4.51. The monoisotopic (exact) mass is 446 g/mol. The summed E-state index contributed by atoms with van der Waals surface area (Å²) in [4.78, 5) is 24.2. The van der Waals surface area contributed by atoms with E-state index < -0.39 is 30.2 Å². The van der Waals surface area contributed by atoms with Gasteiger partial charge in [0.1, 0.15) is 5.75 Å². The largest absolute Gasteiger partial charge is 0.484 e. The molecule has 2 amide bonds. The van der Waals surface area contributed by atoms with Crippen LogP contribution in [0, 0.1) is 13.8 Å². The number of benzene rings is 2. The number of alkyl halides is 3. The van der Waals surface area contributed by atoms with Crippen LogP contribution in [0.3, 0.4) is 0 Å². The molecule has 0 fully saturated rings. The van der Waals surface area contributed by atoms with Crippen LogP contribution in [0.2, 0.25) is 0 Å². The van der Waals surface area contributed by atoms with Gasteiger partial charge in [-0.05, 0) is 44.2 Å². The van der Waals surface area contributed by atoms with E-state index in [0.29, 0.717) is 5.69 Å². The number of carbonyl (C=O) groups is 2. The Hall–Kier alpha value is -3.82. The highest BCUT2D eigenvalue weighted by atomic mass is 19.4. The molecule has 0 saturated carbocycles. The van der Waals surface area contributed by atoms with Crippen LogP contribution >= 0.6 is 0 Å². The SMILES string of the molecule is Cc1nn(-c2ccccc2)c(C)c1CC(=O)NNC(=O)COc1cccc(C(F)(F)F)c1. The molecule has 0 saturated heterocycles. The molecule has 2 aromatic carbocycles. The number of aromatic nitrogens is 2. The predicted octanol–water partition coefficient (Wildman–Crippen LogP) is 3.28. The number of nitrogens with one attached hydrogen (secondary N) is 2. The van der Waals surface area contributed by atoms with Crippen molar-refractivity contribution < 1.29 is 27.5 Å². The summed E-state index contributed by atoms with van der Waals surface area (Å²) < 4.78 is 45.0. The third-order valence-electron chi connectivity index (χ3n) is 4.65. The average Bonchev–Trinajstić information content (AvgIpc) is 3.05. The Morgan fingerprint density at radius 1 is 1.00 bits per heavy atom. The van der Waals surface area contributed by atoms with E-state index >= 15 is 0 Å². The molecule has 0 radical (unpaired) electrons. The lowest BCUT2D eigenvalue weighted by atomic mass is 10.1. The van der Waals surface area contributed by atoms with Gasteiger partial charge < -0.3 is 4.74 Å². The van der Waals surface area contributed by atoms with Crippen LogP contribution in [0.5, 0.6) is 5.75 Å². The molecule has 0 aliphatic rings. The van der Waals surface area contributed by atoms with E-state index in [1.807, 2.05) is 37.3 Å². The summed E-state index contributed by atoms with van der Waals surface area (Å²) in [7, 11) is 0. The first-order valence-electron chi connectivity index (χ1n) is 9.63. The second kappa shape index (κ2) is 9.54. The normalized spacial score (nSPS) is 11.2. The van der Waals surface area contributed by atoms with Crippen molar-refractivity contribution >= 4 is 11.8 Å². The lowest BCUT2D eigenvalue weighted by Crippen LogP contribution is -2.44. The molecule has 0 bridgehead atoms. The van der Waals surface area contributed by atoms with Gasteiger partial charge in [0.2, 0.25) is 5.91 Å². The summed E-state index contributed by atoms with van der Waals surface area (Å²) in [6.45, 7) is 3.07. The number of halogens is 3. The van der Waals surface area contributed by atoms with Crippen LogP contribution in [0.25, 0.3) is 5.69 Å². The molecule has 3 rings (SSSR count). The van der Waals surface area contributed by atoms with E-state index in [9.17, 15) is 22.8 Å². The summed E-state index contributed by atoms with van der Waals surface area (Å²) in [5, 5.41) is 4.47. The third-order valence-corrected chi connectivity index (χ3v) is 4.65. The van der Waals surface area contributed by atoms with Crippen molar-refractivity contribution in [3.05, 3.63) is 77.1 Å². The van der Waals surface area contributed by atoms with E-state index in [1.165, 1.54) is 12.1 Å². The molecule has 3 aromatic rings. The Labute approximate surface area is 182 Å². The van der Waals surface area contributed by atoms with E-state index in [1.54, 1.807) is 11.6 Å². The third kappa shape index (κ3) is 5.65. The summed E-state index contributed by atoms with van der Waals surface area (Å²) in [5.74, 6) is -1.30. The van der Waals surface area contributed by atoms with Gasteiger partial charge in [0.05, 0.1) is 23.4 Å². The van der Waals surface area contributed by atoms with Gasteiger partial charge in [0, 0.05) is 11.3 Å². The van der Waals surface area contributed by atoms with E-state index in [-0.39, 0.29) is 12.2 Å². The van der Waals surface area contributed by atoms with Gasteiger partial charge in [0.25, 0.3) is 5.91 Å². The number of aryl methyl sites for hydroxylation is 1. The highest BCUT2D eigenvalue weighted by Crippen LogP contribution is 2.31. The second-order valence-corrected chi connectivity index (χ2v) is 6.98. The van der Waals surface area contributed by atoms with E-state index in [2.05, 4.69) is 16.0 Å². The molecule has 0 atom stereocenters. The molecule has 0 aliphatic carbocycles. The average molecular weight is 446 g/mol. The Morgan fingerprint density at radius 2 is 1.69 bits per heavy atom. The van der Waals surface area contributed by atoms with Crippen LogP contribution in [-0.2, 0) is 22.2 Å². The van der Waals surface area contributed by atoms with Crippen molar-refractivity contribution in [3.8, 4) is 11.4 Å². The molecule has 0 spiro atoms. The van der Waals surface area contributed by atoms with Crippen LogP contribution in [0.15, 0.2) is 54.6 Å². The van der Waals surface area contributed by atoms with Gasteiger partial charge in [-0.1, -0.05) is 24.3 Å². The maximum absolute atomic E-state index is 12.7. The lowest BCUT2D eigenvalue weighted by molar-refractivity contribution is -0.137. The molecular weight excluding hydrogens is 425 g/mol. The van der Waals surface area contributed by atoms with Crippen molar-refractivity contribution in [2.75, 3.05) is 6.61 Å². The fourth-order valence-electron chi connectivity index (χ4n) is 3.04. The van der Waals surface area contributed by atoms with Crippen molar-refractivity contribution in [2.45, 2.75) is 26.4 Å². The number of nitrogens with zero attached hydrogens (tertiary/aromatic N) is 2. The molecule has 1 aromatic heterocycles. The standard InChI is InChI=1S/C22H21F3N4O3/c1-14-19(15(2)29(28-14)17-8-4-3-5-9-17)12-20(30)26-27-21(31)13-32-18-10-6-7-16(11-18)22(23,24)25/h3-11H,12-13H2,1-2H3,(H,26,30)(H,27,31). The smallest absolute Gasteiger partial charge is 0.416 e. The molecule has 10 heteroatoms. The van der Waals surface area contributed by atoms with Gasteiger partial charge in [-0.2, -0.15) is 18.3 Å². The topological polar surface area (TPSA) is 85.3 Å². The van der Waals surface area contributed by atoms with Gasteiger partial charge in [-0.15, -0.1) is 0 Å². The maximum atomic E-state index is 12.7. The van der Waals surface area contributed by atoms with Crippen molar-refractivity contribution in [3.63, 3.8) is 0 Å². The molecule has 0 aliphatic heterocycles. The molecule has 2 N–H and O–H groups in total. The van der Waals surface area contributed by atoms with Crippen LogP contribution in [-0.4, -0.2) is 28.2 Å². The fraction of sp³-hybridized carbons (Fsp3) is 0.227. The molecule has 7 nitrogen and oxygen atoms in total. The van der Waals surface area contributed by atoms with E-state index in [4.69, 9.17) is 4.74 Å². The fourth-order valence-corrected chi connectivity index (χ4v) is 3.04. The summed E-state index contributed by atoms with van der Waals surface area (Å²) in [6, 6.07) is 13.6. The predicted molar refractivity (Wildman–Crippen MR) is 110 cm³/mol. The Kier molecular flexibility index (Phi) is 6.82. The number of hydrogen-bond donors (Lipinski definition) is 2. The Morgan fingerprint density at radius 3 is 2.38 bits per heavy atom. The maximum Gasteiger partial charge on any atom is 0.416 e. The Bertz CT molecular complexity index is 1110. The van der Waals surface area contributed by atoms with Gasteiger partial charge in [-0.3, -0.25) is 20.4 Å². The molecule has 32 heavy (non-hydrogen) atoms. The van der Waals surface area contributed by atoms with Crippen molar-refractivity contribution in [1.82, 2.24) is 20.6 Å². The number of carbonyl (C=O) groups excluding carboxylic acids is 2. The number of para-hydroxylation sites is 1. The highest BCUT2D eigenvalue weighted by Gasteiger charge is 2.30. The van der Waals surface area contributed by atoms with Gasteiger partial charge in [-0.25, -0.2) is 4.68 Å².